The van der Waals surface area contributed by atoms with Crippen LogP contribution in [0.5, 0.6) is 0 Å². The first-order chi connectivity index (χ1) is 8.79. The molecule has 100 valence electrons. The third-order valence-electron chi connectivity index (χ3n) is 3.10. The molecule has 0 amide bonds. The Morgan fingerprint density at radius 2 is 2.50 bits per heavy atom. The molecule has 1 aromatic heterocycles. The van der Waals surface area contributed by atoms with Gasteiger partial charge in [-0.05, 0) is 24.7 Å². The highest BCUT2D eigenvalue weighted by Crippen LogP contribution is 2.25. The lowest BCUT2D eigenvalue weighted by Gasteiger charge is -2.14. The highest BCUT2D eigenvalue weighted by molar-refractivity contribution is 8.00. The fourth-order valence-corrected chi connectivity index (χ4v) is 3.19. The van der Waals surface area contributed by atoms with E-state index < -0.39 is 0 Å². The lowest BCUT2D eigenvalue weighted by Crippen LogP contribution is -2.40. The van der Waals surface area contributed by atoms with Gasteiger partial charge in [-0.2, -0.15) is 16.9 Å². The van der Waals surface area contributed by atoms with Crippen LogP contribution in [-0.2, 0) is 13.6 Å². The molecule has 2 rings (SSSR count). The summed E-state index contributed by atoms with van der Waals surface area (Å²) in [5, 5.41) is 11.6. The van der Waals surface area contributed by atoms with Crippen molar-refractivity contribution in [1.29, 1.82) is 0 Å². The lowest BCUT2D eigenvalue weighted by molar-refractivity contribution is 0.678. The number of guanidine groups is 1. The molecule has 1 atom stereocenters. The first kappa shape index (κ1) is 13.3. The number of hydrogen-bond donors (Lipinski definition) is 2. The molecule has 6 heteroatoms. The van der Waals surface area contributed by atoms with E-state index in [1.54, 1.807) is 7.05 Å². The number of aromatic nitrogens is 2. The van der Waals surface area contributed by atoms with E-state index in [0.29, 0.717) is 0 Å². The number of hydrogen-bond acceptors (Lipinski definition) is 3. The zero-order chi connectivity index (χ0) is 12.8. The van der Waals surface area contributed by atoms with E-state index in [1.165, 1.54) is 18.6 Å². The predicted octanol–water partition coefficient (Wildman–Crippen LogP) is 0.981. The zero-order valence-corrected chi connectivity index (χ0v) is 11.8. The molecule has 1 aliphatic heterocycles. The number of aryl methyl sites for hydroxylation is 1. The molecule has 5 nitrogen and oxygen atoms in total. The minimum Gasteiger partial charge on any atom is -0.355 e. The van der Waals surface area contributed by atoms with Gasteiger partial charge in [-0.15, -0.1) is 0 Å². The van der Waals surface area contributed by atoms with Gasteiger partial charge in [0.25, 0.3) is 0 Å². The average molecular weight is 267 g/mol. The summed E-state index contributed by atoms with van der Waals surface area (Å²) in [5.74, 6) is 2.16. The van der Waals surface area contributed by atoms with Crippen molar-refractivity contribution in [3.05, 3.63) is 18.0 Å². The summed E-state index contributed by atoms with van der Waals surface area (Å²) in [7, 11) is 3.75. The first-order valence-electron chi connectivity index (χ1n) is 6.32. The highest BCUT2D eigenvalue weighted by atomic mass is 32.2. The molecule has 0 bridgehead atoms. The van der Waals surface area contributed by atoms with Crippen LogP contribution in [-0.4, -0.2) is 40.3 Å². The molecule has 0 aliphatic carbocycles. The monoisotopic (exact) mass is 267 g/mol. The van der Waals surface area contributed by atoms with Crippen molar-refractivity contribution in [1.82, 2.24) is 20.4 Å². The molecule has 1 aromatic rings. The Morgan fingerprint density at radius 1 is 1.61 bits per heavy atom. The minimum absolute atomic E-state index is 0.736. The van der Waals surface area contributed by atoms with Gasteiger partial charge in [0.2, 0.25) is 0 Å². The minimum atomic E-state index is 0.736. The largest absolute Gasteiger partial charge is 0.355 e. The fraction of sp³-hybridized carbons (Fsp3) is 0.667. The molecule has 18 heavy (non-hydrogen) atoms. The Balaban J connectivity index is 1.74. The van der Waals surface area contributed by atoms with Crippen molar-refractivity contribution in [2.24, 2.45) is 12.0 Å². The highest BCUT2D eigenvalue weighted by Gasteiger charge is 2.15. The van der Waals surface area contributed by atoms with Crippen LogP contribution in [0.2, 0.25) is 0 Å². The molecule has 1 saturated heterocycles. The summed E-state index contributed by atoms with van der Waals surface area (Å²) in [6, 6.07) is 2.01. The molecular formula is C12H21N5S. The molecule has 2 N–H and O–H groups in total. The van der Waals surface area contributed by atoms with Gasteiger partial charge < -0.3 is 10.6 Å². The SMILES string of the molecule is CN=C(NCc1ccnn1C)NCC1CCCS1. The van der Waals surface area contributed by atoms with Crippen LogP contribution in [0.1, 0.15) is 18.5 Å². The summed E-state index contributed by atoms with van der Waals surface area (Å²) in [5.41, 5.74) is 1.15. The van der Waals surface area contributed by atoms with Gasteiger partial charge >= 0.3 is 0 Å². The quantitative estimate of drug-likeness (QED) is 0.631. The van der Waals surface area contributed by atoms with E-state index in [9.17, 15) is 0 Å². The van der Waals surface area contributed by atoms with Crippen molar-refractivity contribution in [2.75, 3.05) is 19.3 Å². The van der Waals surface area contributed by atoms with Gasteiger partial charge in [0.05, 0.1) is 12.2 Å². The van der Waals surface area contributed by atoms with Crippen LogP contribution in [0.25, 0.3) is 0 Å². The zero-order valence-electron chi connectivity index (χ0n) is 11.0. The van der Waals surface area contributed by atoms with Gasteiger partial charge in [-0.25, -0.2) is 0 Å². The number of thioether (sulfide) groups is 1. The molecule has 1 unspecified atom stereocenters. The predicted molar refractivity (Wildman–Crippen MR) is 76.9 cm³/mol. The maximum atomic E-state index is 4.23. The second-order valence-electron chi connectivity index (χ2n) is 4.39. The Morgan fingerprint density at radius 3 is 3.11 bits per heavy atom. The van der Waals surface area contributed by atoms with Crippen LogP contribution in [0.4, 0.5) is 0 Å². The van der Waals surface area contributed by atoms with Crippen molar-refractivity contribution >= 4 is 17.7 Å². The summed E-state index contributed by atoms with van der Waals surface area (Å²) >= 11 is 2.05. The fourth-order valence-electron chi connectivity index (χ4n) is 1.99. The van der Waals surface area contributed by atoms with E-state index >= 15 is 0 Å². The van der Waals surface area contributed by atoms with E-state index in [1.807, 2.05) is 24.0 Å². The number of nitrogens with zero attached hydrogens (tertiary/aromatic N) is 3. The van der Waals surface area contributed by atoms with E-state index in [-0.39, 0.29) is 0 Å². The standard InChI is InChI=1S/C12H21N5S/c1-13-12(15-9-11-4-3-7-18-11)14-8-10-5-6-16-17(10)2/h5-6,11H,3-4,7-9H2,1-2H3,(H2,13,14,15). The van der Waals surface area contributed by atoms with E-state index in [4.69, 9.17) is 0 Å². The smallest absolute Gasteiger partial charge is 0.191 e. The second kappa shape index (κ2) is 6.68. The topological polar surface area (TPSA) is 54.2 Å². The molecule has 0 radical (unpaired) electrons. The first-order valence-corrected chi connectivity index (χ1v) is 7.37. The van der Waals surface area contributed by atoms with Crippen molar-refractivity contribution < 1.29 is 0 Å². The summed E-state index contributed by atoms with van der Waals surface area (Å²) in [4.78, 5) is 4.23. The molecular weight excluding hydrogens is 246 g/mol. The molecule has 1 aliphatic rings. The second-order valence-corrected chi connectivity index (χ2v) is 5.80. The van der Waals surface area contributed by atoms with Gasteiger partial charge in [0.1, 0.15) is 0 Å². The molecule has 0 aromatic carbocycles. The maximum Gasteiger partial charge on any atom is 0.191 e. The summed E-state index contributed by atoms with van der Waals surface area (Å²) < 4.78 is 1.87. The van der Waals surface area contributed by atoms with Crippen molar-refractivity contribution in [3.63, 3.8) is 0 Å². The average Bonchev–Trinajstić information content (AvgIpc) is 3.01. The van der Waals surface area contributed by atoms with E-state index in [2.05, 4.69) is 32.5 Å². The van der Waals surface area contributed by atoms with Crippen LogP contribution < -0.4 is 10.6 Å². The van der Waals surface area contributed by atoms with Crippen molar-refractivity contribution in [3.8, 4) is 0 Å². The number of aliphatic imine (C=N–C) groups is 1. The normalized spacial score (nSPS) is 20.1. The molecule has 1 fully saturated rings. The maximum absolute atomic E-state index is 4.23. The Labute approximate surface area is 112 Å². The molecule has 0 spiro atoms. The van der Waals surface area contributed by atoms with Crippen LogP contribution in [0.15, 0.2) is 17.3 Å². The summed E-state index contributed by atoms with van der Waals surface area (Å²) in [6.45, 7) is 1.74. The Hall–Kier alpha value is -1.17. The van der Waals surface area contributed by atoms with Gasteiger partial charge in [0.15, 0.2) is 5.96 Å². The van der Waals surface area contributed by atoms with Crippen LogP contribution >= 0.6 is 11.8 Å². The number of rotatable bonds is 4. The van der Waals surface area contributed by atoms with Gasteiger partial charge in [0, 0.05) is 32.1 Å². The van der Waals surface area contributed by atoms with Crippen molar-refractivity contribution in [2.45, 2.75) is 24.6 Å². The van der Waals surface area contributed by atoms with Gasteiger partial charge in [-0.1, -0.05) is 0 Å². The molecule has 0 saturated carbocycles. The Bertz CT molecular complexity index is 395. The van der Waals surface area contributed by atoms with E-state index in [0.717, 1.165) is 30.0 Å². The molecule has 2 heterocycles. The van der Waals surface area contributed by atoms with Crippen LogP contribution in [0.3, 0.4) is 0 Å². The third-order valence-corrected chi connectivity index (χ3v) is 4.50. The third kappa shape index (κ3) is 3.66. The summed E-state index contributed by atoms with van der Waals surface area (Å²) in [6.07, 6.45) is 4.47. The number of nitrogens with one attached hydrogen (secondary N) is 2. The lowest BCUT2D eigenvalue weighted by atomic mass is 10.2. The Kier molecular flexibility index (Phi) is 4.92. The van der Waals surface area contributed by atoms with Crippen LogP contribution in [0, 0.1) is 0 Å². The van der Waals surface area contributed by atoms with Gasteiger partial charge in [-0.3, -0.25) is 9.67 Å².